The van der Waals surface area contributed by atoms with E-state index in [0.29, 0.717) is 24.7 Å². The minimum Gasteiger partial charge on any atom is -0.353 e. The lowest BCUT2D eigenvalue weighted by molar-refractivity contribution is -0.133. The Labute approximate surface area is 127 Å². The molecule has 2 aliphatic rings. The number of nitrogens with one attached hydrogen (secondary N) is 2. The first kappa shape index (κ1) is 16.3. The van der Waals surface area contributed by atoms with Crippen LogP contribution in [0.25, 0.3) is 0 Å². The van der Waals surface area contributed by atoms with Crippen molar-refractivity contribution >= 4 is 11.8 Å². The molecule has 0 aromatic rings. The molecule has 2 N–H and O–H groups in total. The molecule has 5 heteroatoms. The number of nitrogens with zero attached hydrogens (tertiary/aromatic N) is 1. The topological polar surface area (TPSA) is 61.4 Å². The fraction of sp³-hybridized carbons (Fsp3) is 0.875. The van der Waals surface area contributed by atoms with Crippen molar-refractivity contribution in [2.24, 2.45) is 5.92 Å². The highest BCUT2D eigenvalue weighted by molar-refractivity contribution is 5.77. The van der Waals surface area contributed by atoms with Crippen molar-refractivity contribution in [2.75, 3.05) is 26.2 Å². The molecular weight excluding hydrogens is 266 g/mol. The predicted molar refractivity (Wildman–Crippen MR) is 82.9 cm³/mol. The largest absolute Gasteiger partial charge is 0.353 e. The van der Waals surface area contributed by atoms with Crippen LogP contribution in [0.2, 0.25) is 0 Å². The number of carbonyl (C=O) groups excluding carboxylic acids is 2. The highest BCUT2D eigenvalue weighted by Gasteiger charge is 2.25. The Hall–Kier alpha value is -1.10. The van der Waals surface area contributed by atoms with Gasteiger partial charge in [0.05, 0.1) is 0 Å². The Kier molecular flexibility index (Phi) is 6.49. The number of carbonyl (C=O) groups is 2. The first-order chi connectivity index (χ1) is 10.2. The van der Waals surface area contributed by atoms with E-state index in [-0.39, 0.29) is 11.9 Å². The van der Waals surface area contributed by atoms with Gasteiger partial charge in [-0.2, -0.15) is 0 Å². The van der Waals surface area contributed by atoms with Crippen molar-refractivity contribution in [3.63, 3.8) is 0 Å². The molecule has 0 atom stereocenters. The maximum absolute atomic E-state index is 12.3. The number of amides is 2. The minimum atomic E-state index is 0.150. The molecule has 0 unspecified atom stereocenters. The molecular formula is C16H29N3O2. The fourth-order valence-electron chi connectivity index (χ4n) is 3.26. The van der Waals surface area contributed by atoms with E-state index in [2.05, 4.69) is 10.6 Å². The molecule has 2 saturated heterocycles. The molecule has 0 bridgehead atoms. The number of hydrogen-bond acceptors (Lipinski definition) is 3. The Balaban J connectivity index is 1.67. The third kappa shape index (κ3) is 5.30. The molecule has 0 aromatic heterocycles. The molecule has 2 rings (SSSR count). The third-order valence-corrected chi connectivity index (χ3v) is 4.61. The summed E-state index contributed by atoms with van der Waals surface area (Å²) in [4.78, 5) is 25.9. The van der Waals surface area contributed by atoms with Crippen LogP contribution in [0, 0.1) is 5.92 Å². The van der Waals surface area contributed by atoms with Crippen LogP contribution in [-0.2, 0) is 9.59 Å². The average molecular weight is 295 g/mol. The van der Waals surface area contributed by atoms with E-state index in [9.17, 15) is 9.59 Å². The van der Waals surface area contributed by atoms with Crippen LogP contribution in [0.5, 0.6) is 0 Å². The highest BCUT2D eigenvalue weighted by atomic mass is 16.2. The van der Waals surface area contributed by atoms with Crippen LogP contribution in [0.15, 0.2) is 0 Å². The Morgan fingerprint density at radius 1 is 1.14 bits per heavy atom. The number of hydrogen-bond donors (Lipinski definition) is 2. The smallest absolute Gasteiger partial charge is 0.222 e. The second-order valence-electron chi connectivity index (χ2n) is 6.37. The van der Waals surface area contributed by atoms with Crippen molar-refractivity contribution in [3.05, 3.63) is 0 Å². The molecule has 0 aromatic carbocycles. The van der Waals surface area contributed by atoms with Gasteiger partial charge in [0.15, 0.2) is 0 Å². The lowest BCUT2D eigenvalue weighted by Gasteiger charge is -2.33. The molecule has 2 heterocycles. The summed E-state index contributed by atoms with van der Waals surface area (Å²) >= 11 is 0. The monoisotopic (exact) mass is 295 g/mol. The van der Waals surface area contributed by atoms with E-state index in [1.54, 1.807) is 0 Å². The van der Waals surface area contributed by atoms with Gasteiger partial charge in [0.1, 0.15) is 0 Å². The van der Waals surface area contributed by atoms with E-state index in [1.807, 2.05) is 11.8 Å². The first-order valence-electron chi connectivity index (χ1n) is 8.47. The first-order valence-corrected chi connectivity index (χ1v) is 8.47. The molecule has 2 amide bonds. The van der Waals surface area contributed by atoms with E-state index in [1.165, 1.54) is 0 Å². The number of likely N-dealkylation sites (tertiary alicyclic amines) is 1. The zero-order valence-electron chi connectivity index (χ0n) is 13.2. The summed E-state index contributed by atoms with van der Waals surface area (Å²) in [5.74, 6) is 1.01. The third-order valence-electron chi connectivity index (χ3n) is 4.61. The fourth-order valence-corrected chi connectivity index (χ4v) is 3.26. The average Bonchev–Trinajstić information content (AvgIpc) is 2.49. The molecule has 2 aliphatic heterocycles. The molecule has 0 aliphatic carbocycles. The van der Waals surface area contributed by atoms with Crippen LogP contribution in [0.3, 0.4) is 0 Å². The van der Waals surface area contributed by atoms with Crippen molar-refractivity contribution in [1.82, 2.24) is 15.5 Å². The van der Waals surface area contributed by atoms with E-state index >= 15 is 0 Å². The summed E-state index contributed by atoms with van der Waals surface area (Å²) in [7, 11) is 0. The SMILES string of the molecule is CCCC(=O)NC1CCN(C(=O)CC2CCNCC2)CC1. The van der Waals surface area contributed by atoms with Gasteiger partial charge in [0.25, 0.3) is 0 Å². The van der Waals surface area contributed by atoms with Gasteiger partial charge in [-0.1, -0.05) is 6.92 Å². The van der Waals surface area contributed by atoms with Gasteiger partial charge in [-0.05, 0) is 51.1 Å². The van der Waals surface area contributed by atoms with Gasteiger partial charge < -0.3 is 15.5 Å². The summed E-state index contributed by atoms with van der Waals surface area (Å²) in [5.41, 5.74) is 0. The molecule has 2 fully saturated rings. The molecule has 0 saturated carbocycles. The summed E-state index contributed by atoms with van der Waals surface area (Å²) in [6, 6.07) is 0.256. The van der Waals surface area contributed by atoms with Gasteiger partial charge in [-0.3, -0.25) is 9.59 Å². The molecule has 120 valence electrons. The molecule has 5 nitrogen and oxygen atoms in total. The molecule has 0 radical (unpaired) electrons. The van der Waals surface area contributed by atoms with Crippen molar-refractivity contribution in [1.29, 1.82) is 0 Å². The normalized spacial score (nSPS) is 21.3. The lowest BCUT2D eigenvalue weighted by Crippen LogP contribution is -2.47. The van der Waals surface area contributed by atoms with Gasteiger partial charge in [-0.25, -0.2) is 0 Å². The summed E-state index contributed by atoms with van der Waals surface area (Å²) in [5, 5.41) is 6.41. The second kappa shape index (κ2) is 8.37. The van der Waals surface area contributed by atoms with Gasteiger partial charge in [0.2, 0.25) is 11.8 Å². The van der Waals surface area contributed by atoms with Crippen LogP contribution in [-0.4, -0.2) is 48.9 Å². The van der Waals surface area contributed by atoms with Gasteiger partial charge >= 0.3 is 0 Å². The van der Waals surface area contributed by atoms with Gasteiger partial charge in [-0.15, -0.1) is 0 Å². The maximum atomic E-state index is 12.3. The van der Waals surface area contributed by atoms with E-state index in [4.69, 9.17) is 0 Å². The highest BCUT2D eigenvalue weighted by Crippen LogP contribution is 2.19. The van der Waals surface area contributed by atoms with Crippen molar-refractivity contribution in [2.45, 2.75) is 57.9 Å². The van der Waals surface area contributed by atoms with Gasteiger partial charge in [0, 0.05) is 32.0 Å². The second-order valence-corrected chi connectivity index (χ2v) is 6.37. The Morgan fingerprint density at radius 2 is 1.81 bits per heavy atom. The Bertz CT molecular complexity index is 345. The van der Waals surface area contributed by atoms with Crippen molar-refractivity contribution < 1.29 is 9.59 Å². The quantitative estimate of drug-likeness (QED) is 0.803. The maximum Gasteiger partial charge on any atom is 0.222 e. The minimum absolute atomic E-state index is 0.150. The van der Waals surface area contributed by atoms with E-state index in [0.717, 1.165) is 58.3 Å². The van der Waals surface area contributed by atoms with E-state index < -0.39 is 0 Å². The standard InChI is InChI=1S/C16H29N3O2/c1-2-3-15(20)18-14-6-10-19(11-7-14)16(21)12-13-4-8-17-9-5-13/h13-14,17H,2-12H2,1H3,(H,18,20). The van der Waals surface area contributed by atoms with Crippen molar-refractivity contribution in [3.8, 4) is 0 Å². The number of piperidine rings is 2. The predicted octanol–water partition coefficient (Wildman–Crippen LogP) is 1.28. The van der Waals surface area contributed by atoms with Crippen LogP contribution >= 0.6 is 0 Å². The van der Waals surface area contributed by atoms with Crippen LogP contribution in [0.4, 0.5) is 0 Å². The van der Waals surface area contributed by atoms with Crippen LogP contribution in [0.1, 0.15) is 51.9 Å². The Morgan fingerprint density at radius 3 is 2.43 bits per heavy atom. The zero-order chi connectivity index (χ0) is 15.1. The summed E-state index contributed by atoms with van der Waals surface area (Å²) in [6.45, 7) is 5.69. The van der Waals surface area contributed by atoms with Crippen LogP contribution < -0.4 is 10.6 Å². The number of rotatable bonds is 5. The molecule has 0 spiro atoms. The summed E-state index contributed by atoms with van der Waals surface area (Å²) in [6.07, 6.45) is 6.23. The zero-order valence-corrected chi connectivity index (χ0v) is 13.2. The molecule has 21 heavy (non-hydrogen) atoms. The lowest BCUT2D eigenvalue weighted by atomic mass is 9.93. The summed E-state index contributed by atoms with van der Waals surface area (Å²) < 4.78 is 0.